The van der Waals surface area contributed by atoms with Crippen molar-refractivity contribution in [2.24, 2.45) is 4.76 Å². The van der Waals surface area contributed by atoms with Crippen molar-refractivity contribution >= 4 is 47.5 Å². The highest BCUT2D eigenvalue weighted by Crippen LogP contribution is 2.34. The van der Waals surface area contributed by atoms with Crippen LogP contribution in [0.2, 0.25) is 0 Å². The topological polar surface area (TPSA) is 38.7 Å². The molecule has 5 heteroatoms. The van der Waals surface area contributed by atoms with Gasteiger partial charge < -0.3 is 4.52 Å². The minimum absolute atomic E-state index is 0.311. The largest absolute Gasteiger partial charge is 0.438 e. The van der Waals surface area contributed by atoms with Crippen LogP contribution in [0.15, 0.2) is 65.6 Å². The minimum atomic E-state index is -2.06. The van der Waals surface area contributed by atoms with Gasteiger partial charge in [-0.1, -0.05) is 48.5 Å². The third-order valence-electron chi connectivity index (χ3n) is 4.80. The first-order valence-corrected chi connectivity index (χ1v) is 10.4. The van der Waals surface area contributed by atoms with Gasteiger partial charge in [0.2, 0.25) is 0 Å². The number of hydrogen-bond donors (Lipinski definition) is 0. The van der Waals surface area contributed by atoms with Crippen molar-refractivity contribution in [2.45, 2.75) is 24.6 Å². The standard InChI is InChI=1S/C18H15Cl.C3H4NO2P/c19-14-7-10-16-13(11-14)6-9-17-15-4-2-1-3-12(15)5-8-18(16)17;5-7-4-2-1-3-6-7/h1-6,8-9,14H,7,10-11H2;1-3,7H. The summed E-state index contributed by atoms with van der Waals surface area (Å²) in [5.41, 5.74) is 2.95. The van der Waals surface area contributed by atoms with Gasteiger partial charge in [0.05, 0.1) is 6.26 Å². The molecule has 0 spiro atoms. The van der Waals surface area contributed by atoms with E-state index in [9.17, 15) is 4.57 Å². The molecule has 132 valence electrons. The molecule has 2 unspecified atom stereocenters. The first kappa shape index (κ1) is 17.3. The van der Waals surface area contributed by atoms with Crippen LogP contribution in [0.4, 0.5) is 0 Å². The Hall–Kier alpha value is -2.09. The summed E-state index contributed by atoms with van der Waals surface area (Å²) >= 11 is 6.29. The van der Waals surface area contributed by atoms with Crippen LogP contribution in [0.1, 0.15) is 17.5 Å². The van der Waals surface area contributed by atoms with Gasteiger partial charge in [-0.2, -0.15) is 0 Å². The van der Waals surface area contributed by atoms with Crippen LogP contribution in [0, 0.1) is 0 Å². The number of rotatable bonds is 0. The number of benzene rings is 3. The molecule has 1 aliphatic carbocycles. The van der Waals surface area contributed by atoms with Gasteiger partial charge >= 0.3 is 8.18 Å². The molecule has 3 aromatic carbocycles. The average molecular weight is 384 g/mol. The molecule has 1 aliphatic heterocycles. The van der Waals surface area contributed by atoms with Crippen molar-refractivity contribution < 1.29 is 9.09 Å². The van der Waals surface area contributed by atoms with Crippen molar-refractivity contribution in [3.05, 3.63) is 72.0 Å². The fraction of sp³-hybridized carbons (Fsp3) is 0.190. The Kier molecular flexibility index (Phi) is 5.10. The molecular formula is C21H19ClNO2P. The smallest absolute Gasteiger partial charge is 0.349 e. The highest BCUT2D eigenvalue weighted by molar-refractivity contribution is 7.37. The summed E-state index contributed by atoms with van der Waals surface area (Å²) < 4.78 is 18.1. The first-order chi connectivity index (χ1) is 12.7. The number of allylic oxidation sites excluding steroid dienone is 1. The highest BCUT2D eigenvalue weighted by atomic mass is 35.5. The number of halogens is 1. The molecule has 0 N–H and O–H groups in total. The lowest BCUT2D eigenvalue weighted by Gasteiger charge is -2.22. The van der Waals surface area contributed by atoms with Crippen LogP contribution in [0.25, 0.3) is 21.5 Å². The van der Waals surface area contributed by atoms with Gasteiger partial charge in [-0.15, -0.1) is 11.6 Å². The lowest BCUT2D eigenvalue weighted by molar-refractivity contribution is 0.463. The molecule has 0 radical (unpaired) electrons. The van der Waals surface area contributed by atoms with Gasteiger partial charge in [0.15, 0.2) is 0 Å². The van der Waals surface area contributed by atoms with Crippen molar-refractivity contribution in [2.75, 3.05) is 0 Å². The normalized spacial score (nSPS) is 21.0. The van der Waals surface area contributed by atoms with Crippen molar-refractivity contribution in [3.8, 4) is 0 Å². The molecule has 3 aromatic rings. The summed E-state index contributed by atoms with van der Waals surface area (Å²) in [6, 6.07) is 17.7. The summed E-state index contributed by atoms with van der Waals surface area (Å²) in [6.45, 7) is 0. The summed E-state index contributed by atoms with van der Waals surface area (Å²) in [5.74, 6) is 0. The molecule has 2 aliphatic rings. The van der Waals surface area contributed by atoms with Crippen molar-refractivity contribution in [1.82, 2.24) is 0 Å². The quantitative estimate of drug-likeness (QED) is 0.268. The maximum Gasteiger partial charge on any atom is 0.349 e. The summed E-state index contributed by atoms with van der Waals surface area (Å²) in [7, 11) is -2.06. The fourth-order valence-electron chi connectivity index (χ4n) is 3.59. The molecule has 1 heterocycles. The van der Waals surface area contributed by atoms with Crippen LogP contribution >= 0.6 is 19.8 Å². The third kappa shape index (κ3) is 3.56. The summed E-state index contributed by atoms with van der Waals surface area (Å²) in [4.78, 5) is 0. The van der Waals surface area contributed by atoms with Crippen LogP contribution in [-0.2, 0) is 21.9 Å². The lowest BCUT2D eigenvalue weighted by Crippen LogP contribution is -2.14. The zero-order valence-corrected chi connectivity index (χ0v) is 15.9. The molecule has 0 aromatic heterocycles. The van der Waals surface area contributed by atoms with Gasteiger partial charge in [-0.3, -0.25) is 4.57 Å². The second kappa shape index (κ2) is 7.65. The van der Waals surface area contributed by atoms with Gasteiger partial charge in [0, 0.05) is 11.6 Å². The molecular weight excluding hydrogens is 365 g/mol. The third-order valence-corrected chi connectivity index (χ3v) is 5.87. The minimum Gasteiger partial charge on any atom is -0.438 e. The molecule has 0 fully saturated rings. The number of aryl methyl sites for hydroxylation is 1. The molecule has 0 saturated heterocycles. The SMILES string of the molecule is ClC1CCc2c(ccc3c2ccc2ccccc23)C1.O=[PH]1N=CC=CO1. The van der Waals surface area contributed by atoms with Crippen LogP contribution in [-0.4, -0.2) is 11.6 Å². The van der Waals surface area contributed by atoms with Crippen molar-refractivity contribution in [1.29, 1.82) is 0 Å². The van der Waals surface area contributed by atoms with E-state index in [-0.39, 0.29) is 0 Å². The van der Waals surface area contributed by atoms with E-state index < -0.39 is 8.18 Å². The second-order valence-corrected chi connectivity index (χ2v) is 8.06. The highest BCUT2D eigenvalue weighted by Gasteiger charge is 2.18. The molecule has 0 amide bonds. The van der Waals surface area contributed by atoms with E-state index in [0.717, 1.165) is 19.3 Å². The van der Waals surface area contributed by atoms with E-state index >= 15 is 0 Å². The molecule has 2 atom stereocenters. The Bertz CT molecular complexity index is 1040. The number of alkyl halides is 1. The molecule has 3 nitrogen and oxygen atoms in total. The van der Waals surface area contributed by atoms with Gasteiger partial charge in [-0.25, -0.2) is 4.76 Å². The maximum absolute atomic E-state index is 10.2. The van der Waals surface area contributed by atoms with E-state index in [1.54, 1.807) is 6.08 Å². The predicted octanol–water partition coefficient (Wildman–Crippen LogP) is 6.08. The van der Waals surface area contributed by atoms with Crippen LogP contribution < -0.4 is 0 Å². The summed E-state index contributed by atoms with van der Waals surface area (Å²) in [6.07, 6.45) is 7.64. The molecule has 0 saturated carbocycles. The Morgan fingerprint density at radius 3 is 2.65 bits per heavy atom. The summed E-state index contributed by atoms with van der Waals surface area (Å²) in [5, 5.41) is 5.78. The number of nitrogens with zero attached hydrogens (tertiary/aromatic N) is 1. The molecule has 0 bridgehead atoms. The molecule has 26 heavy (non-hydrogen) atoms. The average Bonchev–Trinajstić information content (AvgIpc) is 2.68. The molecule has 5 rings (SSSR count). The second-order valence-electron chi connectivity index (χ2n) is 6.42. The zero-order chi connectivity index (χ0) is 17.9. The number of fused-ring (bicyclic) bond motifs is 5. The van der Waals surface area contributed by atoms with Gasteiger partial charge in [0.1, 0.15) is 0 Å². The predicted molar refractivity (Wildman–Crippen MR) is 111 cm³/mol. The maximum atomic E-state index is 10.2. The Morgan fingerprint density at radius 1 is 1.04 bits per heavy atom. The van der Waals surface area contributed by atoms with Gasteiger partial charge in [0.25, 0.3) is 0 Å². The Balaban J connectivity index is 0.000000204. The van der Waals surface area contributed by atoms with E-state index in [1.807, 2.05) is 0 Å². The van der Waals surface area contributed by atoms with Crippen LogP contribution in [0.5, 0.6) is 0 Å². The fourth-order valence-corrected chi connectivity index (χ4v) is 4.33. The Morgan fingerprint density at radius 2 is 1.88 bits per heavy atom. The number of hydrogen-bond acceptors (Lipinski definition) is 2. The van der Waals surface area contributed by atoms with E-state index in [1.165, 1.54) is 45.1 Å². The van der Waals surface area contributed by atoms with Gasteiger partial charge in [-0.05, 0) is 58.0 Å². The zero-order valence-electron chi connectivity index (χ0n) is 14.2. The van der Waals surface area contributed by atoms with Crippen molar-refractivity contribution in [3.63, 3.8) is 0 Å². The van der Waals surface area contributed by atoms with Crippen LogP contribution in [0.3, 0.4) is 0 Å². The Labute approximate surface area is 158 Å². The lowest BCUT2D eigenvalue weighted by atomic mass is 9.86. The first-order valence-electron chi connectivity index (χ1n) is 8.68. The van der Waals surface area contributed by atoms with E-state index in [4.69, 9.17) is 11.6 Å². The monoisotopic (exact) mass is 383 g/mol. The van der Waals surface area contributed by atoms with E-state index in [2.05, 4.69) is 57.8 Å². The van der Waals surface area contributed by atoms with E-state index in [0.29, 0.717) is 5.38 Å².